The van der Waals surface area contributed by atoms with E-state index >= 15 is 0 Å². The lowest BCUT2D eigenvalue weighted by Crippen LogP contribution is -2.30. The van der Waals surface area contributed by atoms with Crippen LogP contribution in [-0.4, -0.2) is 25.7 Å². The summed E-state index contributed by atoms with van der Waals surface area (Å²) < 4.78 is 4.92. The molecule has 174 valence electrons. The highest BCUT2D eigenvalue weighted by Crippen LogP contribution is 2.28. The quantitative estimate of drug-likeness (QED) is 0.289. The van der Waals surface area contributed by atoms with Gasteiger partial charge in [-0.1, -0.05) is 61.9 Å². The normalized spacial score (nSPS) is 10.1. The van der Waals surface area contributed by atoms with Gasteiger partial charge in [-0.25, -0.2) is 9.59 Å². The van der Waals surface area contributed by atoms with E-state index in [9.17, 15) is 14.9 Å². The molecule has 0 aliphatic rings. The zero-order chi connectivity index (χ0) is 24.3. The smallest absolute Gasteiger partial charge is 0.340 e. The van der Waals surface area contributed by atoms with Crippen LogP contribution in [0.2, 0.25) is 0 Å². The fourth-order valence-electron chi connectivity index (χ4n) is 3.50. The molecule has 0 spiro atoms. The Morgan fingerprint density at radius 2 is 1.76 bits per heavy atom. The number of hydrogen-bond donors (Lipinski definition) is 3. The first kappa shape index (κ1) is 24.3. The van der Waals surface area contributed by atoms with Crippen LogP contribution < -0.4 is 16.0 Å². The number of nitriles is 1. The average molecular weight is 457 g/mol. The standard InChI is InChI=1S/C27H28N4O3/c1-3-4-16-29-27(33)31-24-11-7-10-23(26(32)34-2)25(24)30-18-19-12-14-20(15-13-19)22-9-6-5-8-21(22)17-28/h5-15,30H,3-4,16,18H2,1-2H3,(H2,29,31,33). The van der Waals surface area contributed by atoms with Crippen LogP contribution in [0.15, 0.2) is 66.7 Å². The van der Waals surface area contributed by atoms with Gasteiger partial charge in [-0.2, -0.15) is 5.26 Å². The van der Waals surface area contributed by atoms with Crippen molar-refractivity contribution in [2.24, 2.45) is 0 Å². The molecule has 0 radical (unpaired) electrons. The van der Waals surface area contributed by atoms with Crippen molar-refractivity contribution in [3.05, 3.63) is 83.4 Å². The van der Waals surface area contributed by atoms with Crippen molar-refractivity contribution in [2.75, 3.05) is 24.3 Å². The molecule has 0 saturated carbocycles. The summed E-state index contributed by atoms with van der Waals surface area (Å²) in [6.45, 7) is 3.04. The van der Waals surface area contributed by atoms with Gasteiger partial charge in [-0.15, -0.1) is 0 Å². The SMILES string of the molecule is CCCCNC(=O)Nc1cccc(C(=O)OC)c1NCc1ccc(-c2ccccc2C#N)cc1. The molecule has 0 heterocycles. The molecule has 3 rings (SSSR count). The molecule has 3 aromatic rings. The lowest BCUT2D eigenvalue weighted by atomic mass is 9.99. The topological polar surface area (TPSA) is 103 Å². The summed E-state index contributed by atoms with van der Waals surface area (Å²) in [7, 11) is 1.32. The number of para-hydroxylation sites is 1. The number of carbonyl (C=O) groups excluding carboxylic acids is 2. The summed E-state index contributed by atoms with van der Waals surface area (Å²) in [6.07, 6.45) is 1.86. The molecular weight excluding hydrogens is 428 g/mol. The maximum Gasteiger partial charge on any atom is 0.340 e. The molecule has 0 atom stereocenters. The molecule has 3 N–H and O–H groups in total. The van der Waals surface area contributed by atoms with E-state index in [2.05, 4.69) is 28.9 Å². The van der Waals surface area contributed by atoms with Crippen molar-refractivity contribution in [3.8, 4) is 17.2 Å². The van der Waals surface area contributed by atoms with Gasteiger partial charge in [0.2, 0.25) is 0 Å². The molecule has 0 aromatic heterocycles. The zero-order valence-electron chi connectivity index (χ0n) is 19.4. The second-order valence-corrected chi connectivity index (χ2v) is 7.66. The number of urea groups is 1. The van der Waals surface area contributed by atoms with E-state index in [1.165, 1.54) is 7.11 Å². The Bertz CT molecular complexity index is 1180. The third kappa shape index (κ3) is 6.14. The first-order valence-corrected chi connectivity index (χ1v) is 11.2. The minimum atomic E-state index is -0.499. The average Bonchev–Trinajstić information content (AvgIpc) is 2.87. The van der Waals surface area contributed by atoms with E-state index in [0.717, 1.165) is 29.5 Å². The van der Waals surface area contributed by atoms with Gasteiger partial charge in [0.1, 0.15) is 0 Å². The van der Waals surface area contributed by atoms with Crippen molar-refractivity contribution in [1.29, 1.82) is 5.26 Å². The highest BCUT2D eigenvalue weighted by Gasteiger charge is 2.17. The largest absolute Gasteiger partial charge is 0.465 e. The molecule has 0 saturated heterocycles. The minimum Gasteiger partial charge on any atom is -0.465 e. The lowest BCUT2D eigenvalue weighted by Gasteiger charge is -2.17. The van der Waals surface area contributed by atoms with Crippen molar-refractivity contribution < 1.29 is 14.3 Å². The molecular formula is C27H28N4O3. The van der Waals surface area contributed by atoms with Gasteiger partial charge in [-0.3, -0.25) is 0 Å². The van der Waals surface area contributed by atoms with Crippen molar-refractivity contribution in [1.82, 2.24) is 5.32 Å². The summed E-state index contributed by atoms with van der Waals surface area (Å²) in [5.74, 6) is -0.499. The van der Waals surface area contributed by atoms with E-state index in [-0.39, 0.29) is 6.03 Å². The number of anilines is 2. The summed E-state index contributed by atoms with van der Waals surface area (Å²) in [5, 5.41) is 18.3. The van der Waals surface area contributed by atoms with Gasteiger partial charge in [0.05, 0.1) is 35.7 Å². The second kappa shape index (κ2) is 12.1. The Balaban J connectivity index is 1.79. The number of rotatable bonds is 9. The summed E-state index contributed by atoms with van der Waals surface area (Å²) in [5.41, 5.74) is 4.70. The van der Waals surface area contributed by atoms with Crippen molar-refractivity contribution in [3.63, 3.8) is 0 Å². The fourth-order valence-corrected chi connectivity index (χ4v) is 3.50. The highest BCUT2D eigenvalue weighted by atomic mass is 16.5. The number of ether oxygens (including phenoxy) is 1. The minimum absolute atomic E-state index is 0.327. The van der Waals surface area contributed by atoms with Gasteiger partial charge in [-0.05, 0) is 41.3 Å². The van der Waals surface area contributed by atoms with Crippen molar-refractivity contribution in [2.45, 2.75) is 26.3 Å². The number of hydrogen-bond acceptors (Lipinski definition) is 5. The Morgan fingerprint density at radius 1 is 1.00 bits per heavy atom. The molecule has 3 aromatic carbocycles. The predicted molar refractivity (Wildman–Crippen MR) is 134 cm³/mol. The molecule has 0 fully saturated rings. The lowest BCUT2D eigenvalue weighted by molar-refractivity contribution is 0.0602. The molecule has 2 amide bonds. The monoisotopic (exact) mass is 456 g/mol. The van der Waals surface area contributed by atoms with Gasteiger partial charge < -0.3 is 20.7 Å². The van der Waals surface area contributed by atoms with E-state index in [1.54, 1.807) is 24.3 Å². The summed E-state index contributed by atoms with van der Waals surface area (Å²) >= 11 is 0. The predicted octanol–water partition coefficient (Wildman–Crippen LogP) is 5.55. The number of nitrogens with zero attached hydrogens (tertiary/aromatic N) is 1. The third-order valence-corrected chi connectivity index (χ3v) is 5.32. The fraction of sp³-hybridized carbons (Fsp3) is 0.222. The van der Waals surface area contributed by atoms with Crippen LogP contribution in [0.5, 0.6) is 0 Å². The highest BCUT2D eigenvalue weighted by molar-refractivity contribution is 6.02. The molecule has 7 heteroatoms. The van der Waals surface area contributed by atoms with E-state index < -0.39 is 5.97 Å². The van der Waals surface area contributed by atoms with Gasteiger partial charge in [0, 0.05) is 13.1 Å². The molecule has 0 unspecified atom stereocenters. The number of unbranched alkanes of at least 4 members (excludes halogenated alkanes) is 1. The number of esters is 1. The van der Waals surface area contributed by atoms with Gasteiger partial charge in [0.25, 0.3) is 0 Å². The summed E-state index contributed by atoms with van der Waals surface area (Å²) in [4.78, 5) is 24.6. The van der Waals surface area contributed by atoms with Crippen LogP contribution in [0.25, 0.3) is 11.1 Å². The third-order valence-electron chi connectivity index (χ3n) is 5.32. The molecule has 34 heavy (non-hydrogen) atoms. The van der Waals surface area contributed by atoms with Gasteiger partial charge >= 0.3 is 12.0 Å². The second-order valence-electron chi connectivity index (χ2n) is 7.66. The Morgan fingerprint density at radius 3 is 2.47 bits per heavy atom. The number of nitrogens with one attached hydrogen (secondary N) is 3. The number of methoxy groups -OCH3 is 1. The maximum atomic E-state index is 12.3. The van der Waals surface area contributed by atoms with E-state index in [4.69, 9.17) is 4.74 Å². The first-order chi connectivity index (χ1) is 16.6. The van der Waals surface area contributed by atoms with Crippen LogP contribution in [0.4, 0.5) is 16.2 Å². The van der Waals surface area contributed by atoms with Crippen LogP contribution in [0, 0.1) is 11.3 Å². The first-order valence-electron chi connectivity index (χ1n) is 11.2. The van der Waals surface area contributed by atoms with E-state index in [0.29, 0.717) is 35.6 Å². The number of amides is 2. The van der Waals surface area contributed by atoms with Gasteiger partial charge in [0.15, 0.2) is 0 Å². The number of carbonyl (C=O) groups is 2. The van der Waals surface area contributed by atoms with Crippen LogP contribution in [0.1, 0.15) is 41.3 Å². The van der Waals surface area contributed by atoms with Crippen LogP contribution in [0.3, 0.4) is 0 Å². The Labute approximate surface area is 199 Å². The molecule has 0 bridgehead atoms. The maximum absolute atomic E-state index is 12.3. The van der Waals surface area contributed by atoms with E-state index in [1.807, 2.05) is 42.5 Å². The molecule has 7 nitrogen and oxygen atoms in total. The Kier molecular flexibility index (Phi) is 8.64. The number of benzene rings is 3. The zero-order valence-corrected chi connectivity index (χ0v) is 19.4. The van der Waals surface area contributed by atoms with Crippen molar-refractivity contribution >= 4 is 23.4 Å². The molecule has 0 aliphatic carbocycles. The van der Waals surface area contributed by atoms with Crippen LogP contribution >= 0.6 is 0 Å². The molecule has 0 aliphatic heterocycles. The van der Waals surface area contributed by atoms with Crippen LogP contribution in [-0.2, 0) is 11.3 Å². The Hall–Kier alpha value is -4.31. The summed E-state index contributed by atoms with van der Waals surface area (Å²) in [6, 6.07) is 22.3.